The second-order valence-corrected chi connectivity index (χ2v) is 1.51. The van der Waals surface area contributed by atoms with Crippen LogP contribution in [0.5, 0.6) is 0 Å². The maximum atomic E-state index is 3.93. The molecule has 0 aromatic carbocycles. The van der Waals surface area contributed by atoms with Crippen molar-refractivity contribution in [3.8, 4) is 0 Å². The first-order chi connectivity index (χ1) is 4.43. The lowest BCUT2D eigenvalue weighted by Gasteiger charge is -1.68. The highest BCUT2D eigenvalue weighted by Crippen LogP contribution is 1.63. The van der Waals surface area contributed by atoms with E-state index in [1.165, 1.54) is 0 Å². The summed E-state index contributed by atoms with van der Waals surface area (Å²) in [5.41, 5.74) is 0. The molecule has 46 valence electrons. The molecule has 0 atom stereocenters. The van der Waals surface area contributed by atoms with Gasteiger partial charge in [0.15, 0.2) is 0 Å². The first kappa shape index (κ1) is 5.88. The number of rotatable bonds is 0. The first-order valence-electron chi connectivity index (χ1n) is 2.63. The highest BCUT2D eigenvalue weighted by Gasteiger charge is 1.70. The van der Waals surface area contributed by atoms with Gasteiger partial charge < -0.3 is 0 Å². The van der Waals surface area contributed by atoms with Crippen molar-refractivity contribution in [3.63, 3.8) is 0 Å². The van der Waals surface area contributed by atoms with Gasteiger partial charge in [-0.05, 0) is 12.1 Å². The molecule has 0 aliphatic heterocycles. The van der Waals surface area contributed by atoms with Crippen LogP contribution in [0.1, 0.15) is 0 Å². The van der Waals surface area contributed by atoms with Crippen LogP contribution < -0.4 is 5.36 Å². The van der Waals surface area contributed by atoms with Crippen LogP contribution in [-0.4, -0.2) is 17.2 Å². The van der Waals surface area contributed by atoms with Gasteiger partial charge in [-0.3, -0.25) is 4.99 Å². The quantitative estimate of drug-likeness (QED) is 0.485. The van der Waals surface area contributed by atoms with E-state index in [-0.39, 0.29) is 0 Å². The Morgan fingerprint density at radius 3 is 2.22 bits per heavy atom. The lowest BCUT2D eigenvalue weighted by atomic mass is 10.5. The number of hydrogen-bond donors (Lipinski definition) is 0. The van der Waals surface area contributed by atoms with Gasteiger partial charge in [0, 0.05) is 7.05 Å². The maximum Gasteiger partial charge on any atom is 0.0602 e. The Morgan fingerprint density at radius 1 is 1.22 bits per heavy atom. The molecule has 0 spiro atoms. The molecule has 1 heterocycles. The van der Waals surface area contributed by atoms with Crippen molar-refractivity contribution in [2.45, 2.75) is 0 Å². The molecule has 1 aromatic heterocycles. The first-order valence-corrected chi connectivity index (χ1v) is 2.63. The zero-order chi connectivity index (χ0) is 6.53. The highest BCUT2D eigenvalue weighted by molar-refractivity contribution is 4.85. The van der Waals surface area contributed by atoms with Crippen molar-refractivity contribution in [1.82, 2.24) is 10.2 Å². The van der Waals surface area contributed by atoms with E-state index in [0.29, 0.717) is 0 Å². The zero-order valence-corrected chi connectivity index (χ0v) is 5.15. The SMILES string of the molecule is CN=c1ccnncc1. The third-order valence-electron chi connectivity index (χ3n) is 0.949. The summed E-state index contributed by atoms with van der Waals surface area (Å²) < 4.78 is 0. The predicted octanol–water partition coefficient (Wildman–Crippen LogP) is 0.00710. The van der Waals surface area contributed by atoms with Crippen LogP contribution in [0.15, 0.2) is 29.5 Å². The van der Waals surface area contributed by atoms with Crippen molar-refractivity contribution < 1.29 is 0 Å². The molecule has 0 unspecified atom stereocenters. The van der Waals surface area contributed by atoms with Crippen molar-refractivity contribution in [2.75, 3.05) is 7.05 Å². The van der Waals surface area contributed by atoms with Gasteiger partial charge in [0.25, 0.3) is 0 Å². The molecule has 0 bridgehead atoms. The summed E-state index contributed by atoms with van der Waals surface area (Å²) in [5, 5.41) is 8.18. The normalized spacial score (nSPS) is 8.56. The van der Waals surface area contributed by atoms with Gasteiger partial charge in [-0.25, -0.2) is 0 Å². The fourth-order valence-corrected chi connectivity index (χ4v) is 0.501. The van der Waals surface area contributed by atoms with Crippen LogP contribution in [0.3, 0.4) is 0 Å². The Balaban J connectivity index is 3.28. The van der Waals surface area contributed by atoms with Crippen LogP contribution in [-0.2, 0) is 0 Å². The lowest BCUT2D eigenvalue weighted by molar-refractivity contribution is 1.05. The molecule has 0 fully saturated rings. The van der Waals surface area contributed by atoms with Crippen molar-refractivity contribution in [3.05, 3.63) is 29.9 Å². The third kappa shape index (κ3) is 1.60. The fraction of sp³-hybridized carbons (Fsp3) is 0.167. The maximum absolute atomic E-state index is 3.93. The average Bonchev–Trinajstić information content (AvgIpc) is 2.13. The van der Waals surface area contributed by atoms with Gasteiger partial charge in [0.1, 0.15) is 0 Å². The van der Waals surface area contributed by atoms with E-state index in [4.69, 9.17) is 0 Å². The molecule has 3 heteroatoms. The van der Waals surface area contributed by atoms with Gasteiger partial charge >= 0.3 is 0 Å². The Hall–Kier alpha value is -1.25. The molecule has 0 saturated carbocycles. The van der Waals surface area contributed by atoms with Crippen molar-refractivity contribution in [2.24, 2.45) is 4.99 Å². The topological polar surface area (TPSA) is 38.1 Å². The summed E-state index contributed by atoms with van der Waals surface area (Å²) in [7, 11) is 1.73. The van der Waals surface area contributed by atoms with Crippen LogP contribution in [0.2, 0.25) is 0 Å². The second-order valence-electron chi connectivity index (χ2n) is 1.51. The van der Waals surface area contributed by atoms with Gasteiger partial charge in [-0.15, -0.1) is 0 Å². The molecule has 9 heavy (non-hydrogen) atoms. The molecule has 0 aliphatic rings. The Morgan fingerprint density at radius 2 is 1.78 bits per heavy atom. The van der Waals surface area contributed by atoms with Crippen LogP contribution >= 0.6 is 0 Å². The minimum absolute atomic E-state index is 0.889. The third-order valence-corrected chi connectivity index (χ3v) is 0.949. The summed E-state index contributed by atoms with van der Waals surface area (Å²) in [6.45, 7) is 0. The van der Waals surface area contributed by atoms with Gasteiger partial charge in [-0.1, -0.05) is 0 Å². The lowest BCUT2D eigenvalue weighted by Crippen LogP contribution is -1.92. The number of aromatic nitrogens is 2. The van der Waals surface area contributed by atoms with E-state index in [2.05, 4.69) is 15.2 Å². The Kier molecular flexibility index (Phi) is 1.90. The highest BCUT2D eigenvalue weighted by atomic mass is 15.1. The molecule has 0 amide bonds. The molecule has 0 aliphatic carbocycles. The average molecular weight is 121 g/mol. The predicted molar refractivity (Wildman–Crippen MR) is 33.5 cm³/mol. The summed E-state index contributed by atoms with van der Waals surface area (Å²) in [6, 6.07) is 3.60. The molecule has 1 aromatic rings. The molecule has 0 N–H and O–H groups in total. The van der Waals surface area contributed by atoms with Gasteiger partial charge in [0.05, 0.1) is 17.8 Å². The second kappa shape index (κ2) is 2.91. The summed E-state index contributed by atoms with van der Waals surface area (Å²) >= 11 is 0. The smallest absolute Gasteiger partial charge is 0.0602 e. The van der Waals surface area contributed by atoms with Gasteiger partial charge in [0.2, 0.25) is 0 Å². The van der Waals surface area contributed by atoms with Gasteiger partial charge in [-0.2, -0.15) is 10.2 Å². The van der Waals surface area contributed by atoms with E-state index >= 15 is 0 Å². The summed E-state index contributed by atoms with van der Waals surface area (Å²) in [6.07, 6.45) is 3.23. The summed E-state index contributed by atoms with van der Waals surface area (Å²) in [5.74, 6) is 0. The van der Waals surface area contributed by atoms with Crippen LogP contribution in [0, 0.1) is 0 Å². The molecule has 1 rings (SSSR count). The number of nitrogens with zero attached hydrogens (tertiary/aromatic N) is 3. The molecule has 0 saturated heterocycles. The monoisotopic (exact) mass is 121 g/mol. The van der Waals surface area contributed by atoms with Crippen molar-refractivity contribution >= 4 is 0 Å². The summed E-state index contributed by atoms with van der Waals surface area (Å²) in [4.78, 5) is 3.93. The number of hydrogen-bond acceptors (Lipinski definition) is 3. The van der Waals surface area contributed by atoms with Crippen LogP contribution in [0.4, 0.5) is 0 Å². The van der Waals surface area contributed by atoms with E-state index in [1.807, 2.05) is 0 Å². The van der Waals surface area contributed by atoms with Crippen LogP contribution in [0.25, 0.3) is 0 Å². The molecular formula is C6H7N3. The van der Waals surface area contributed by atoms with E-state index < -0.39 is 0 Å². The van der Waals surface area contributed by atoms with E-state index in [9.17, 15) is 0 Å². The fourth-order valence-electron chi connectivity index (χ4n) is 0.501. The molecule has 0 radical (unpaired) electrons. The Bertz CT molecular complexity index is 222. The standard InChI is InChI=1S/C6H7N3/c1-7-6-2-4-8-9-5-3-6/h2-5H,1H3. The van der Waals surface area contributed by atoms with E-state index in [1.54, 1.807) is 31.6 Å². The minimum Gasteiger partial charge on any atom is -0.289 e. The minimum atomic E-state index is 0.889. The van der Waals surface area contributed by atoms with E-state index in [0.717, 1.165) is 5.36 Å². The zero-order valence-electron chi connectivity index (χ0n) is 5.15. The molecule has 3 nitrogen and oxygen atoms in total. The Labute approximate surface area is 53.1 Å². The van der Waals surface area contributed by atoms with Crippen molar-refractivity contribution in [1.29, 1.82) is 0 Å². The molecular weight excluding hydrogens is 114 g/mol. The largest absolute Gasteiger partial charge is 0.289 e.